The lowest BCUT2D eigenvalue weighted by Crippen LogP contribution is -2.10. The first-order valence-electron chi connectivity index (χ1n) is 8.90. The summed E-state index contributed by atoms with van der Waals surface area (Å²) in [5.74, 6) is -0.456. The summed E-state index contributed by atoms with van der Waals surface area (Å²) in [6.07, 6.45) is 3.70. The number of esters is 1. The lowest BCUT2D eigenvalue weighted by molar-refractivity contribution is 0.0556. The minimum absolute atomic E-state index is 0.254. The van der Waals surface area contributed by atoms with E-state index in [-0.39, 0.29) is 6.61 Å². The minimum Gasteiger partial charge on any atom is -0.447 e. The van der Waals surface area contributed by atoms with Crippen molar-refractivity contribution < 1.29 is 9.53 Å². The lowest BCUT2D eigenvalue weighted by Gasteiger charge is -2.11. The van der Waals surface area contributed by atoms with Crippen LogP contribution in [0.15, 0.2) is 48.5 Å². The van der Waals surface area contributed by atoms with E-state index in [0.717, 1.165) is 46.1 Å². The third kappa shape index (κ3) is 3.20. The van der Waals surface area contributed by atoms with Crippen molar-refractivity contribution in [1.82, 2.24) is 4.98 Å². The van der Waals surface area contributed by atoms with Crippen LogP contribution in [0.5, 0.6) is 0 Å². The number of carbonyl (C=O) groups is 1. The van der Waals surface area contributed by atoms with Gasteiger partial charge in [0.2, 0.25) is 0 Å². The number of allylic oxidation sites excluding steroid dienone is 1. The van der Waals surface area contributed by atoms with Crippen LogP contribution in [0.25, 0.3) is 22.6 Å². The summed E-state index contributed by atoms with van der Waals surface area (Å²) < 4.78 is 5.13. The summed E-state index contributed by atoms with van der Waals surface area (Å²) in [6, 6.07) is 17.8. The molecule has 0 radical (unpaired) electrons. The number of aromatic nitrogens is 1. The number of rotatable bonds is 3. The molecule has 132 valence electrons. The Labute approximate surface area is 157 Å². The zero-order chi connectivity index (χ0) is 18.8. The zero-order valence-electron chi connectivity index (χ0n) is 15.0. The number of carbonyl (C=O) groups excluding carboxylic acids is 1. The Bertz CT molecular complexity index is 1110. The summed E-state index contributed by atoms with van der Waals surface area (Å²) in [7, 11) is 0. The Hall–Kier alpha value is -3.45. The number of hydrogen-bond acceptors (Lipinski definition) is 4. The fourth-order valence-corrected chi connectivity index (χ4v) is 3.55. The Kier molecular flexibility index (Phi) is 4.43. The fourth-order valence-electron chi connectivity index (χ4n) is 3.55. The first-order chi connectivity index (χ1) is 13.2. The molecule has 1 aliphatic carbocycles. The number of para-hydroxylation sites is 1. The Morgan fingerprint density at radius 3 is 2.74 bits per heavy atom. The molecular weight excluding hydrogens is 336 g/mol. The van der Waals surface area contributed by atoms with Gasteiger partial charge in [-0.25, -0.2) is 9.78 Å². The van der Waals surface area contributed by atoms with E-state index >= 15 is 0 Å². The van der Waals surface area contributed by atoms with Crippen LogP contribution >= 0.6 is 0 Å². The van der Waals surface area contributed by atoms with Crippen molar-refractivity contribution in [2.45, 2.75) is 19.8 Å². The van der Waals surface area contributed by atoms with Gasteiger partial charge in [0, 0.05) is 5.39 Å². The van der Waals surface area contributed by atoms with E-state index in [2.05, 4.69) is 37.3 Å². The molecule has 0 spiro atoms. The second-order valence-electron chi connectivity index (χ2n) is 6.65. The predicted octanol–water partition coefficient (Wildman–Crippen LogP) is 4.71. The standard InChI is InChI=1S/C23H18N2O2/c1-15-6-8-16(9-7-15)14-17-10-11-19-21(23(26)27-13-12-24)18-4-2-3-5-20(18)25-22(17)19/h2-9,14H,10-11,13H2,1H3. The van der Waals surface area contributed by atoms with Crippen molar-refractivity contribution in [2.75, 3.05) is 6.61 Å². The number of fused-ring (bicyclic) bond motifs is 2. The summed E-state index contributed by atoms with van der Waals surface area (Å²) >= 11 is 0. The number of nitrogens with zero attached hydrogens (tertiary/aromatic N) is 2. The molecule has 3 aromatic rings. The fraction of sp³-hybridized carbons (Fsp3) is 0.174. The number of nitriles is 1. The highest BCUT2D eigenvalue weighted by Crippen LogP contribution is 2.37. The van der Waals surface area contributed by atoms with Crippen molar-refractivity contribution in [3.05, 3.63) is 76.5 Å². The molecule has 4 heteroatoms. The first-order valence-corrected chi connectivity index (χ1v) is 8.90. The average Bonchev–Trinajstić information content (AvgIpc) is 3.08. The Balaban J connectivity index is 1.86. The molecule has 0 unspecified atom stereocenters. The maximum Gasteiger partial charge on any atom is 0.340 e. The van der Waals surface area contributed by atoms with Gasteiger partial charge in [0.25, 0.3) is 0 Å². The summed E-state index contributed by atoms with van der Waals surface area (Å²) in [4.78, 5) is 17.5. The van der Waals surface area contributed by atoms with Crippen LogP contribution in [0, 0.1) is 18.3 Å². The van der Waals surface area contributed by atoms with Gasteiger partial charge in [0.15, 0.2) is 6.61 Å². The number of benzene rings is 2. The van der Waals surface area contributed by atoms with Gasteiger partial charge in [-0.05, 0) is 48.6 Å². The van der Waals surface area contributed by atoms with E-state index in [1.165, 1.54) is 5.56 Å². The summed E-state index contributed by atoms with van der Waals surface area (Å²) in [5.41, 5.74) is 6.53. The van der Waals surface area contributed by atoms with E-state index in [4.69, 9.17) is 15.0 Å². The molecule has 0 N–H and O–H groups in total. The summed E-state index contributed by atoms with van der Waals surface area (Å²) in [5, 5.41) is 9.52. The predicted molar refractivity (Wildman–Crippen MR) is 105 cm³/mol. The highest BCUT2D eigenvalue weighted by molar-refractivity contribution is 6.07. The molecule has 27 heavy (non-hydrogen) atoms. The van der Waals surface area contributed by atoms with Crippen molar-refractivity contribution in [3.8, 4) is 6.07 Å². The molecule has 0 aliphatic heterocycles. The molecule has 0 fully saturated rings. The van der Waals surface area contributed by atoms with E-state index in [1.807, 2.05) is 30.3 Å². The molecule has 0 amide bonds. The highest BCUT2D eigenvalue weighted by atomic mass is 16.5. The molecule has 4 rings (SSSR count). The second-order valence-corrected chi connectivity index (χ2v) is 6.65. The van der Waals surface area contributed by atoms with Crippen LogP contribution in [-0.2, 0) is 11.2 Å². The SMILES string of the molecule is Cc1ccc(C=C2CCc3c2nc2ccccc2c3C(=O)OCC#N)cc1. The third-order valence-electron chi connectivity index (χ3n) is 4.83. The van der Waals surface area contributed by atoms with Gasteiger partial charge in [-0.2, -0.15) is 5.26 Å². The molecule has 0 bridgehead atoms. The first kappa shape index (κ1) is 17.0. The average molecular weight is 354 g/mol. The van der Waals surface area contributed by atoms with E-state index in [9.17, 15) is 4.79 Å². The molecule has 4 nitrogen and oxygen atoms in total. The van der Waals surface area contributed by atoms with Crippen molar-refractivity contribution >= 4 is 28.5 Å². The van der Waals surface area contributed by atoms with E-state index < -0.39 is 5.97 Å². The van der Waals surface area contributed by atoms with Gasteiger partial charge < -0.3 is 4.74 Å². The largest absolute Gasteiger partial charge is 0.447 e. The second kappa shape index (κ2) is 7.05. The van der Waals surface area contributed by atoms with Crippen LogP contribution in [0.2, 0.25) is 0 Å². The lowest BCUT2D eigenvalue weighted by atomic mass is 10.0. The maximum absolute atomic E-state index is 12.7. The zero-order valence-corrected chi connectivity index (χ0v) is 15.0. The summed E-state index contributed by atoms with van der Waals surface area (Å²) in [6.45, 7) is 1.81. The van der Waals surface area contributed by atoms with Gasteiger partial charge in [-0.3, -0.25) is 0 Å². The quantitative estimate of drug-likeness (QED) is 0.639. The molecular formula is C23H18N2O2. The normalized spacial score (nSPS) is 14.1. The van der Waals surface area contributed by atoms with Crippen molar-refractivity contribution in [3.63, 3.8) is 0 Å². The van der Waals surface area contributed by atoms with Gasteiger partial charge in [0.1, 0.15) is 6.07 Å². The van der Waals surface area contributed by atoms with Crippen LogP contribution in [0.3, 0.4) is 0 Å². The van der Waals surface area contributed by atoms with E-state index in [1.54, 1.807) is 0 Å². The van der Waals surface area contributed by atoms with Crippen molar-refractivity contribution in [2.24, 2.45) is 0 Å². The topological polar surface area (TPSA) is 63.0 Å². The molecule has 0 saturated carbocycles. The van der Waals surface area contributed by atoms with Crippen molar-refractivity contribution in [1.29, 1.82) is 5.26 Å². The van der Waals surface area contributed by atoms with Gasteiger partial charge in [-0.15, -0.1) is 0 Å². The number of ether oxygens (including phenoxy) is 1. The Morgan fingerprint density at radius 1 is 1.19 bits per heavy atom. The highest BCUT2D eigenvalue weighted by Gasteiger charge is 2.27. The van der Waals surface area contributed by atoms with Crippen LogP contribution in [-0.4, -0.2) is 17.6 Å². The van der Waals surface area contributed by atoms with E-state index in [0.29, 0.717) is 5.56 Å². The molecule has 2 aromatic carbocycles. The van der Waals surface area contributed by atoms with Crippen LogP contribution in [0.1, 0.15) is 39.2 Å². The van der Waals surface area contributed by atoms with Gasteiger partial charge in [0.05, 0.1) is 16.8 Å². The van der Waals surface area contributed by atoms with Gasteiger partial charge in [-0.1, -0.05) is 48.0 Å². The van der Waals surface area contributed by atoms with Gasteiger partial charge >= 0.3 is 5.97 Å². The molecule has 0 saturated heterocycles. The minimum atomic E-state index is -0.456. The molecule has 1 heterocycles. The number of aryl methyl sites for hydroxylation is 1. The molecule has 0 atom stereocenters. The number of hydrogen-bond donors (Lipinski definition) is 0. The monoisotopic (exact) mass is 354 g/mol. The van der Waals surface area contributed by atoms with Crippen LogP contribution in [0.4, 0.5) is 0 Å². The smallest absolute Gasteiger partial charge is 0.340 e. The number of pyridine rings is 1. The molecule has 1 aliphatic rings. The maximum atomic E-state index is 12.7. The third-order valence-corrected chi connectivity index (χ3v) is 4.83. The Morgan fingerprint density at radius 2 is 1.96 bits per heavy atom. The molecule has 1 aromatic heterocycles. The van der Waals surface area contributed by atoms with Crippen LogP contribution < -0.4 is 0 Å².